The van der Waals surface area contributed by atoms with Crippen LogP contribution in [0.2, 0.25) is 0 Å². The van der Waals surface area contributed by atoms with Gasteiger partial charge in [-0.2, -0.15) is 0 Å². The Morgan fingerprint density at radius 1 is 1.07 bits per heavy atom. The van der Waals surface area contributed by atoms with Crippen LogP contribution in [0.5, 0.6) is 0 Å². The molecule has 7 heteroatoms. The molecule has 0 saturated carbocycles. The van der Waals surface area contributed by atoms with Crippen molar-refractivity contribution in [2.75, 3.05) is 12.3 Å². The van der Waals surface area contributed by atoms with E-state index in [2.05, 4.69) is 4.98 Å². The molecule has 0 aliphatic carbocycles. The first-order chi connectivity index (χ1) is 13.0. The molecule has 0 radical (unpaired) electrons. The summed E-state index contributed by atoms with van der Waals surface area (Å²) in [6.45, 7) is 1.72. The Morgan fingerprint density at radius 3 is 2.26 bits per heavy atom. The molecule has 0 spiro atoms. The second kappa shape index (κ2) is 7.65. The number of nitrogens with zero attached hydrogens (tertiary/aromatic N) is 2. The zero-order valence-corrected chi connectivity index (χ0v) is 14.6. The standard InChI is InChI=1S/C20H17N3O4/c1-2-27-20(24)16-12-17(22-19(21)18(16)23(25)26)15-10-8-14(9-11-15)13-6-4-3-5-7-13/h3-12H,2H2,1H3,(H2,21,22). The van der Waals surface area contributed by atoms with Crippen molar-refractivity contribution >= 4 is 17.5 Å². The lowest BCUT2D eigenvalue weighted by Crippen LogP contribution is -2.11. The van der Waals surface area contributed by atoms with E-state index in [9.17, 15) is 14.9 Å². The molecule has 0 aliphatic heterocycles. The second-order valence-corrected chi connectivity index (χ2v) is 5.71. The van der Waals surface area contributed by atoms with E-state index < -0.39 is 16.6 Å². The molecule has 136 valence electrons. The molecule has 2 aromatic carbocycles. The van der Waals surface area contributed by atoms with Gasteiger partial charge in [0, 0.05) is 5.56 Å². The smallest absolute Gasteiger partial charge is 0.345 e. The van der Waals surface area contributed by atoms with Gasteiger partial charge >= 0.3 is 11.7 Å². The van der Waals surface area contributed by atoms with Crippen LogP contribution in [-0.2, 0) is 4.74 Å². The third-order valence-electron chi connectivity index (χ3n) is 3.99. The fraction of sp³-hybridized carbons (Fsp3) is 0.100. The largest absolute Gasteiger partial charge is 0.462 e. The summed E-state index contributed by atoms with van der Waals surface area (Å²) in [5, 5.41) is 11.3. The molecule has 3 aromatic rings. The molecule has 7 nitrogen and oxygen atoms in total. The molecule has 0 aliphatic rings. The number of ether oxygens (including phenoxy) is 1. The number of rotatable bonds is 5. The number of hydrogen-bond donors (Lipinski definition) is 1. The van der Waals surface area contributed by atoms with Crippen molar-refractivity contribution in [2.45, 2.75) is 6.92 Å². The van der Waals surface area contributed by atoms with Gasteiger partial charge in [-0.15, -0.1) is 0 Å². The molecule has 27 heavy (non-hydrogen) atoms. The molecular weight excluding hydrogens is 346 g/mol. The number of nitro groups is 1. The van der Waals surface area contributed by atoms with Gasteiger partial charge in [0.1, 0.15) is 5.56 Å². The highest BCUT2D eigenvalue weighted by molar-refractivity contribution is 5.97. The van der Waals surface area contributed by atoms with Crippen molar-refractivity contribution in [2.24, 2.45) is 0 Å². The van der Waals surface area contributed by atoms with Gasteiger partial charge in [-0.25, -0.2) is 9.78 Å². The molecule has 3 rings (SSSR count). The maximum Gasteiger partial charge on any atom is 0.345 e. The van der Waals surface area contributed by atoms with E-state index in [4.69, 9.17) is 10.5 Å². The maximum atomic E-state index is 12.1. The normalized spacial score (nSPS) is 10.4. The molecule has 0 amide bonds. The van der Waals surface area contributed by atoms with Crippen LogP contribution in [0.4, 0.5) is 11.5 Å². The SMILES string of the molecule is CCOC(=O)c1cc(-c2ccc(-c3ccccc3)cc2)nc(N)c1[N+](=O)[O-]. The first kappa shape index (κ1) is 18.1. The molecule has 0 unspecified atom stereocenters. The number of esters is 1. The van der Waals surface area contributed by atoms with Gasteiger partial charge in [-0.05, 0) is 24.1 Å². The van der Waals surface area contributed by atoms with Crippen molar-refractivity contribution in [3.8, 4) is 22.4 Å². The molecule has 0 atom stereocenters. The predicted octanol–water partition coefficient (Wildman–Crippen LogP) is 4.08. The van der Waals surface area contributed by atoms with Crippen LogP contribution in [0, 0.1) is 10.1 Å². The zero-order valence-electron chi connectivity index (χ0n) is 14.6. The molecule has 0 saturated heterocycles. The van der Waals surface area contributed by atoms with Crippen molar-refractivity contribution in [3.63, 3.8) is 0 Å². The van der Waals surface area contributed by atoms with Crippen LogP contribution in [0.25, 0.3) is 22.4 Å². The van der Waals surface area contributed by atoms with E-state index in [1.807, 2.05) is 54.6 Å². The summed E-state index contributed by atoms with van der Waals surface area (Å²) in [6, 6.07) is 18.6. The minimum Gasteiger partial charge on any atom is -0.462 e. The Bertz CT molecular complexity index is 986. The third-order valence-corrected chi connectivity index (χ3v) is 3.99. The number of hydrogen-bond acceptors (Lipinski definition) is 6. The van der Waals surface area contributed by atoms with Gasteiger partial charge in [-0.1, -0.05) is 54.6 Å². The van der Waals surface area contributed by atoms with Crippen LogP contribution in [-0.4, -0.2) is 22.5 Å². The summed E-state index contributed by atoms with van der Waals surface area (Å²) in [4.78, 5) is 26.8. The molecule has 2 N–H and O–H groups in total. The van der Waals surface area contributed by atoms with Crippen molar-refractivity contribution in [1.29, 1.82) is 0 Å². The van der Waals surface area contributed by atoms with Crippen LogP contribution in [0.1, 0.15) is 17.3 Å². The third kappa shape index (κ3) is 3.77. The number of anilines is 1. The van der Waals surface area contributed by atoms with E-state index in [1.54, 1.807) is 6.92 Å². The molecule has 1 aromatic heterocycles. The molecule has 1 heterocycles. The Balaban J connectivity index is 2.04. The number of carbonyl (C=O) groups is 1. The minimum atomic E-state index is -0.805. The lowest BCUT2D eigenvalue weighted by Gasteiger charge is -2.09. The first-order valence-corrected chi connectivity index (χ1v) is 8.29. The van der Waals surface area contributed by atoms with E-state index in [0.29, 0.717) is 11.3 Å². The van der Waals surface area contributed by atoms with Crippen molar-refractivity contribution < 1.29 is 14.5 Å². The Hall–Kier alpha value is -3.74. The average molecular weight is 363 g/mol. The van der Waals surface area contributed by atoms with Gasteiger partial charge in [0.15, 0.2) is 0 Å². The molecular formula is C20H17N3O4. The van der Waals surface area contributed by atoms with Gasteiger partial charge < -0.3 is 10.5 Å². The fourth-order valence-corrected chi connectivity index (χ4v) is 2.73. The average Bonchev–Trinajstić information content (AvgIpc) is 2.68. The quantitative estimate of drug-likeness (QED) is 0.415. The summed E-state index contributed by atoms with van der Waals surface area (Å²) in [7, 11) is 0. The highest BCUT2D eigenvalue weighted by Crippen LogP contribution is 2.31. The van der Waals surface area contributed by atoms with E-state index in [1.165, 1.54) is 6.07 Å². The van der Waals surface area contributed by atoms with E-state index in [0.717, 1.165) is 11.1 Å². The highest BCUT2D eigenvalue weighted by Gasteiger charge is 2.27. The Kier molecular flexibility index (Phi) is 5.12. The second-order valence-electron chi connectivity index (χ2n) is 5.71. The van der Waals surface area contributed by atoms with Gasteiger partial charge in [0.25, 0.3) is 0 Å². The lowest BCUT2D eigenvalue weighted by atomic mass is 10.0. The maximum absolute atomic E-state index is 12.1. The summed E-state index contributed by atoms with van der Waals surface area (Å²) in [5.74, 6) is -1.13. The molecule has 0 fully saturated rings. The zero-order chi connectivity index (χ0) is 19.4. The number of benzene rings is 2. The first-order valence-electron chi connectivity index (χ1n) is 8.29. The van der Waals surface area contributed by atoms with Gasteiger partial charge in [-0.3, -0.25) is 10.1 Å². The van der Waals surface area contributed by atoms with Crippen LogP contribution in [0.3, 0.4) is 0 Å². The monoisotopic (exact) mass is 363 g/mol. The van der Waals surface area contributed by atoms with Crippen molar-refractivity contribution in [3.05, 3.63) is 76.3 Å². The summed E-state index contributed by atoms with van der Waals surface area (Å²) < 4.78 is 4.91. The summed E-state index contributed by atoms with van der Waals surface area (Å²) in [5.41, 5.74) is 8.12. The summed E-state index contributed by atoms with van der Waals surface area (Å²) in [6.07, 6.45) is 0. The molecule has 0 bridgehead atoms. The number of carbonyl (C=O) groups excluding carboxylic acids is 1. The fourth-order valence-electron chi connectivity index (χ4n) is 2.73. The van der Waals surface area contributed by atoms with E-state index >= 15 is 0 Å². The highest BCUT2D eigenvalue weighted by atomic mass is 16.6. The Labute approximate surface area is 155 Å². The summed E-state index contributed by atoms with van der Waals surface area (Å²) >= 11 is 0. The van der Waals surface area contributed by atoms with Gasteiger partial charge in [0.05, 0.1) is 17.2 Å². The number of aromatic nitrogens is 1. The lowest BCUT2D eigenvalue weighted by molar-refractivity contribution is -0.384. The van der Waals surface area contributed by atoms with Gasteiger partial charge in [0.2, 0.25) is 5.82 Å². The number of nitrogen functional groups attached to an aromatic ring is 1. The Morgan fingerprint density at radius 2 is 1.67 bits per heavy atom. The van der Waals surface area contributed by atoms with Crippen LogP contribution >= 0.6 is 0 Å². The van der Waals surface area contributed by atoms with Crippen molar-refractivity contribution in [1.82, 2.24) is 4.98 Å². The predicted molar refractivity (Wildman–Crippen MR) is 102 cm³/mol. The topological polar surface area (TPSA) is 108 Å². The van der Waals surface area contributed by atoms with Crippen LogP contribution in [0.15, 0.2) is 60.7 Å². The van der Waals surface area contributed by atoms with E-state index in [-0.39, 0.29) is 18.0 Å². The minimum absolute atomic E-state index is 0.0965. The number of pyridine rings is 1. The number of nitrogens with two attached hydrogens (primary N) is 1. The van der Waals surface area contributed by atoms with Crippen LogP contribution < -0.4 is 5.73 Å².